The highest BCUT2D eigenvalue weighted by Gasteiger charge is 2.30. The first-order chi connectivity index (χ1) is 10.8. The summed E-state index contributed by atoms with van der Waals surface area (Å²) < 4.78 is 42.3. The van der Waals surface area contributed by atoms with E-state index in [9.17, 15) is 18.0 Å². The number of aromatic nitrogens is 1. The van der Waals surface area contributed by atoms with Crippen molar-refractivity contribution in [2.24, 2.45) is 5.92 Å². The summed E-state index contributed by atoms with van der Waals surface area (Å²) in [4.78, 5) is 16.2. The van der Waals surface area contributed by atoms with Crippen LogP contribution in [-0.4, -0.2) is 23.6 Å². The van der Waals surface area contributed by atoms with Gasteiger partial charge in [0, 0.05) is 18.5 Å². The summed E-state index contributed by atoms with van der Waals surface area (Å²) in [5.74, 6) is -0.957. The molecule has 0 aliphatic rings. The molecule has 1 amide bonds. The fraction of sp³-hybridized carbons (Fsp3) is 0.375. The fourth-order valence-electron chi connectivity index (χ4n) is 2.13. The summed E-state index contributed by atoms with van der Waals surface area (Å²) >= 11 is 0. The van der Waals surface area contributed by atoms with Crippen LogP contribution in [0.4, 0.5) is 13.2 Å². The molecule has 2 rings (SSSR count). The third kappa shape index (κ3) is 4.84. The summed E-state index contributed by atoms with van der Waals surface area (Å²) in [6.45, 7) is 2.96. The lowest BCUT2D eigenvalue weighted by atomic mass is 10.1. The Morgan fingerprint density at radius 3 is 2.57 bits per heavy atom. The minimum Gasteiger partial charge on any atom is -0.431 e. The SMILES string of the molecule is Cc1nc(-c2ccccc2)oc1C(=O)NC[C@H](C)CC(F)(F)F. The zero-order valence-electron chi connectivity index (χ0n) is 12.8. The van der Waals surface area contributed by atoms with Crippen molar-refractivity contribution in [3.8, 4) is 11.5 Å². The quantitative estimate of drug-likeness (QED) is 0.904. The molecular weight excluding hydrogens is 309 g/mol. The maximum absolute atomic E-state index is 12.3. The number of halogens is 3. The molecule has 0 spiro atoms. The molecule has 1 aromatic carbocycles. The van der Waals surface area contributed by atoms with Crippen LogP contribution in [0.2, 0.25) is 0 Å². The summed E-state index contributed by atoms with van der Waals surface area (Å²) in [6, 6.07) is 9.05. The van der Waals surface area contributed by atoms with E-state index in [1.807, 2.05) is 18.2 Å². The maximum atomic E-state index is 12.3. The zero-order valence-corrected chi connectivity index (χ0v) is 12.8. The first kappa shape index (κ1) is 17.1. The second-order valence-corrected chi connectivity index (χ2v) is 5.43. The van der Waals surface area contributed by atoms with E-state index < -0.39 is 24.4 Å². The highest BCUT2D eigenvalue weighted by Crippen LogP contribution is 2.24. The molecule has 0 bridgehead atoms. The van der Waals surface area contributed by atoms with E-state index in [0.29, 0.717) is 11.6 Å². The highest BCUT2D eigenvalue weighted by molar-refractivity contribution is 5.92. The normalized spacial score (nSPS) is 12.9. The number of oxazole rings is 1. The van der Waals surface area contributed by atoms with E-state index in [-0.39, 0.29) is 12.3 Å². The van der Waals surface area contributed by atoms with Crippen LogP contribution in [0.1, 0.15) is 29.6 Å². The number of carbonyl (C=O) groups is 1. The molecule has 4 nitrogen and oxygen atoms in total. The topological polar surface area (TPSA) is 55.1 Å². The number of alkyl halides is 3. The molecule has 7 heteroatoms. The zero-order chi connectivity index (χ0) is 17.0. The van der Waals surface area contributed by atoms with Crippen LogP contribution >= 0.6 is 0 Å². The molecule has 0 aliphatic heterocycles. The van der Waals surface area contributed by atoms with Gasteiger partial charge < -0.3 is 9.73 Å². The standard InChI is InChI=1S/C16H17F3N2O2/c1-10(8-16(17,18)19)9-20-14(22)13-11(2)21-15(23-13)12-6-4-3-5-7-12/h3-7,10H,8-9H2,1-2H3,(H,20,22)/t10-/m1/s1. The van der Waals surface area contributed by atoms with E-state index in [4.69, 9.17) is 4.42 Å². The van der Waals surface area contributed by atoms with Gasteiger partial charge in [-0.2, -0.15) is 13.2 Å². The van der Waals surface area contributed by atoms with Gasteiger partial charge in [0.15, 0.2) is 0 Å². The molecular formula is C16H17F3N2O2. The van der Waals surface area contributed by atoms with Crippen molar-refractivity contribution >= 4 is 5.91 Å². The molecule has 124 valence electrons. The van der Waals surface area contributed by atoms with Crippen LogP contribution in [0.3, 0.4) is 0 Å². The van der Waals surface area contributed by atoms with Gasteiger partial charge in [-0.1, -0.05) is 25.1 Å². The lowest BCUT2D eigenvalue weighted by Crippen LogP contribution is -2.30. The number of aryl methyl sites for hydroxylation is 1. The largest absolute Gasteiger partial charge is 0.431 e. The minimum absolute atomic E-state index is 0.0167. The van der Waals surface area contributed by atoms with E-state index >= 15 is 0 Å². The van der Waals surface area contributed by atoms with Crippen LogP contribution in [0.25, 0.3) is 11.5 Å². The summed E-state index contributed by atoms with van der Waals surface area (Å²) in [5.41, 5.74) is 1.12. The van der Waals surface area contributed by atoms with Crippen molar-refractivity contribution in [2.45, 2.75) is 26.4 Å². The van der Waals surface area contributed by atoms with Crippen molar-refractivity contribution in [3.05, 3.63) is 41.8 Å². The van der Waals surface area contributed by atoms with E-state index in [1.54, 1.807) is 19.1 Å². The molecule has 2 aromatic rings. The monoisotopic (exact) mass is 326 g/mol. The Labute approximate surface area is 131 Å². The number of rotatable bonds is 5. The molecule has 0 unspecified atom stereocenters. The molecule has 0 fully saturated rings. The third-order valence-corrected chi connectivity index (χ3v) is 3.21. The molecule has 0 aliphatic carbocycles. The first-order valence-electron chi connectivity index (χ1n) is 7.14. The Kier molecular flexibility index (Phi) is 5.08. The van der Waals surface area contributed by atoms with E-state index in [1.165, 1.54) is 6.92 Å². The molecule has 0 radical (unpaired) electrons. The highest BCUT2D eigenvalue weighted by atomic mass is 19.4. The van der Waals surface area contributed by atoms with Crippen LogP contribution < -0.4 is 5.32 Å². The molecule has 0 saturated heterocycles. The van der Waals surface area contributed by atoms with Gasteiger partial charge in [0.2, 0.25) is 11.7 Å². The van der Waals surface area contributed by atoms with Gasteiger partial charge in [-0.15, -0.1) is 0 Å². The lowest BCUT2D eigenvalue weighted by molar-refractivity contribution is -0.142. The Morgan fingerprint density at radius 1 is 1.30 bits per heavy atom. The molecule has 1 atom stereocenters. The second-order valence-electron chi connectivity index (χ2n) is 5.43. The number of nitrogens with zero attached hydrogens (tertiary/aromatic N) is 1. The van der Waals surface area contributed by atoms with Crippen LogP contribution in [0.5, 0.6) is 0 Å². The number of hydrogen-bond donors (Lipinski definition) is 1. The summed E-state index contributed by atoms with van der Waals surface area (Å²) in [5, 5.41) is 2.45. The smallest absolute Gasteiger partial charge is 0.389 e. The number of hydrogen-bond acceptors (Lipinski definition) is 3. The number of amides is 1. The van der Waals surface area contributed by atoms with Gasteiger partial charge in [0.05, 0.1) is 5.69 Å². The lowest BCUT2D eigenvalue weighted by Gasteiger charge is -2.14. The second kappa shape index (κ2) is 6.85. The summed E-state index contributed by atoms with van der Waals surface area (Å²) in [7, 11) is 0. The Morgan fingerprint density at radius 2 is 1.96 bits per heavy atom. The Bertz CT molecular complexity index is 666. The van der Waals surface area contributed by atoms with E-state index in [0.717, 1.165) is 5.56 Å². The van der Waals surface area contributed by atoms with Gasteiger partial charge in [-0.05, 0) is 25.0 Å². The summed E-state index contributed by atoms with van der Waals surface area (Å²) in [6.07, 6.45) is -5.19. The third-order valence-electron chi connectivity index (χ3n) is 3.21. The van der Waals surface area contributed by atoms with E-state index in [2.05, 4.69) is 10.3 Å². The van der Waals surface area contributed by atoms with Crippen LogP contribution in [0.15, 0.2) is 34.7 Å². The molecule has 0 saturated carbocycles. The molecule has 1 heterocycles. The van der Waals surface area contributed by atoms with Gasteiger partial charge in [-0.3, -0.25) is 4.79 Å². The van der Waals surface area contributed by atoms with Gasteiger partial charge >= 0.3 is 6.18 Å². The van der Waals surface area contributed by atoms with Crippen molar-refractivity contribution in [1.29, 1.82) is 0 Å². The number of carbonyl (C=O) groups excluding carboxylic acids is 1. The Balaban J connectivity index is 2.02. The van der Waals surface area contributed by atoms with Gasteiger partial charge in [0.25, 0.3) is 5.91 Å². The van der Waals surface area contributed by atoms with Crippen molar-refractivity contribution in [1.82, 2.24) is 10.3 Å². The number of benzene rings is 1. The van der Waals surface area contributed by atoms with Crippen molar-refractivity contribution in [2.75, 3.05) is 6.54 Å². The van der Waals surface area contributed by atoms with Gasteiger partial charge in [0.1, 0.15) is 0 Å². The van der Waals surface area contributed by atoms with Crippen LogP contribution in [0, 0.1) is 12.8 Å². The first-order valence-corrected chi connectivity index (χ1v) is 7.14. The van der Waals surface area contributed by atoms with Crippen molar-refractivity contribution in [3.63, 3.8) is 0 Å². The fourth-order valence-corrected chi connectivity index (χ4v) is 2.13. The molecule has 23 heavy (non-hydrogen) atoms. The van der Waals surface area contributed by atoms with Crippen molar-refractivity contribution < 1.29 is 22.4 Å². The molecule has 1 aromatic heterocycles. The minimum atomic E-state index is -4.24. The maximum Gasteiger partial charge on any atom is 0.389 e. The molecule has 1 N–H and O–H groups in total. The van der Waals surface area contributed by atoms with Gasteiger partial charge in [-0.25, -0.2) is 4.98 Å². The Hall–Kier alpha value is -2.31. The average molecular weight is 326 g/mol. The predicted molar refractivity (Wildman–Crippen MR) is 78.8 cm³/mol. The average Bonchev–Trinajstić information content (AvgIpc) is 2.86. The van der Waals surface area contributed by atoms with Crippen LogP contribution in [-0.2, 0) is 0 Å². The number of nitrogens with one attached hydrogen (secondary N) is 1. The predicted octanol–water partition coefficient (Wildman–Crippen LogP) is 3.97.